The number of hydrogen-bond donors (Lipinski definition) is 1. The van der Waals surface area contributed by atoms with Gasteiger partial charge >= 0.3 is 6.03 Å². The van der Waals surface area contributed by atoms with E-state index in [-0.39, 0.29) is 30.8 Å². The molecule has 1 aliphatic carbocycles. The van der Waals surface area contributed by atoms with Crippen molar-refractivity contribution in [3.63, 3.8) is 0 Å². The molecule has 0 radical (unpaired) electrons. The lowest BCUT2D eigenvalue weighted by molar-refractivity contribution is -0.0452. The van der Waals surface area contributed by atoms with Crippen LogP contribution in [0.4, 0.5) is 13.6 Å². The quantitative estimate of drug-likeness (QED) is 0.928. The average Bonchev–Trinajstić information content (AvgIpc) is 3.14. The van der Waals surface area contributed by atoms with Crippen LogP contribution >= 0.6 is 0 Å². The minimum Gasteiger partial charge on any atom is -0.338 e. The summed E-state index contributed by atoms with van der Waals surface area (Å²) >= 11 is 0. The zero-order valence-corrected chi connectivity index (χ0v) is 13.5. The Morgan fingerprint density at radius 2 is 2.13 bits per heavy atom. The standard InChI is InChI=1S/C16H24F2N4O/c1-21-11-13(10-20-21)14-3-2-8-22(14)15(23)19-9-12-4-6-16(17,18)7-5-12/h10-12,14H,2-9H2,1H3,(H,19,23)/t14-/m1/s1. The van der Waals surface area contributed by atoms with Crippen molar-refractivity contribution in [1.29, 1.82) is 0 Å². The molecular formula is C16H24F2N4O. The van der Waals surface area contributed by atoms with E-state index in [1.54, 1.807) is 10.9 Å². The van der Waals surface area contributed by atoms with Crippen molar-refractivity contribution < 1.29 is 13.6 Å². The zero-order chi connectivity index (χ0) is 16.4. The normalized spacial score (nSPS) is 24.8. The van der Waals surface area contributed by atoms with Crippen LogP contribution < -0.4 is 5.32 Å². The third-order valence-electron chi connectivity index (χ3n) is 5.00. The van der Waals surface area contributed by atoms with Gasteiger partial charge in [-0.2, -0.15) is 5.10 Å². The third-order valence-corrected chi connectivity index (χ3v) is 5.00. The van der Waals surface area contributed by atoms with E-state index in [1.165, 1.54) is 0 Å². The number of hydrogen-bond acceptors (Lipinski definition) is 2. The van der Waals surface area contributed by atoms with Crippen LogP contribution in [0.15, 0.2) is 12.4 Å². The van der Waals surface area contributed by atoms with Crippen molar-refractivity contribution >= 4 is 6.03 Å². The van der Waals surface area contributed by atoms with E-state index in [0.717, 1.165) is 24.9 Å². The van der Waals surface area contributed by atoms with Gasteiger partial charge in [-0.1, -0.05) is 0 Å². The van der Waals surface area contributed by atoms with Crippen molar-refractivity contribution in [1.82, 2.24) is 20.0 Å². The third kappa shape index (κ3) is 3.82. The predicted molar refractivity (Wildman–Crippen MR) is 82.2 cm³/mol. The number of nitrogens with one attached hydrogen (secondary N) is 1. The maximum absolute atomic E-state index is 13.2. The summed E-state index contributed by atoms with van der Waals surface area (Å²) in [5.41, 5.74) is 1.05. The van der Waals surface area contributed by atoms with Gasteiger partial charge < -0.3 is 10.2 Å². The van der Waals surface area contributed by atoms with Crippen LogP contribution in [-0.2, 0) is 7.05 Å². The number of carbonyl (C=O) groups excluding carboxylic acids is 1. The van der Waals surface area contributed by atoms with Crippen LogP contribution in [0.5, 0.6) is 0 Å². The molecule has 0 bridgehead atoms. The van der Waals surface area contributed by atoms with Gasteiger partial charge in [0.1, 0.15) is 0 Å². The molecule has 0 aromatic carbocycles. The second-order valence-corrected chi connectivity index (χ2v) is 6.78. The Bertz CT molecular complexity index is 550. The molecule has 1 aliphatic heterocycles. The molecule has 1 aromatic rings. The van der Waals surface area contributed by atoms with Crippen LogP contribution in [0, 0.1) is 5.92 Å². The molecule has 3 rings (SSSR count). The minimum atomic E-state index is -2.51. The summed E-state index contributed by atoms with van der Waals surface area (Å²) in [6, 6.07) is -0.0203. The van der Waals surface area contributed by atoms with Crippen molar-refractivity contribution in [2.75, 3.05) is 13.1 Å². The lowest BCUT2D eigenvalue weighted by atomic mass is 9.87. The number of aryl methyl sites for hydroxylation is 1. The van der Waals surface area contributed by atoms with Crippen LogP contribution in [0.3, 0.4) is 0 Å². The fraction of sp³-hybridized carbons (Fsp3) is 0.750. The van der Waals surface area contributed by atoms with E-state index in [1.807, 2.05) is 18.1 Å². The summed E-state index contributed by atoms with van der Waals surface area (Å²) in [5.74, 6) is -2.35. The SMILES string of the molecule is Cn1cc([C@H]2CCCN2C(=O)NCC2CCC(F)(F)CC2)cn1. The number of amides is 2. The van der Waals surface area contributed by atoms with E-state index in [9.17, 15) is 13.6 Å². The molecule has 128 valence electrons. The Hall–Kier alpha value is -1.66. The molecular weight excluding hydrogens is 302 g/mol. The molecule has 5 nitrogen and oxygen atoms in total. The highest BCUT2D eigenvalue weighted by Gasteiger charge is 2.35. The smallest absolute Gasteiger partial charge is 0.317 e. The first kappa shape index (κ1) is 16.2. The summed E-state index contributed by atoms with van der Waals surface area (Å²) in [5, 5.41) is 7.12. The molecule has 2 heterocycles. The fourth-order valence-corrected chi connectivity index (χ4v) is 3.61. The van der Waals surface area contributed by atoms with Crippen molar-refractivity contribution in [3.05, 3.63) is 18.0 Å². The summed E-state index contributed by atoms with van der Waals surface area (Å²) in [6.07, 6.45) is 6.51. The van der Waals surface area contributed by atoms with Gasteiger partial charge in [-0.25, -0.2) is 13.6 Å². The number of rotatable bonds is 3. The molecule has 1 aromatic heterocycles. The molecule has 23 heavy (non-hydrogen) atoms. The molecule has 1 saturated carbocycles. The predicted octanol–water partition coefficient (Wildman–Crippen LogP) is 3.09. The molecule has 7 heteroatoms. The topological polar surface area (TPSA) is 50.2 Å². The molecule has 0 unspecified atom stereocenters. The first-order valence-corrected chi connectivity index (χ1v) is 8.35. The van der Waals surface area contributed by atoms with Crippen LogP contribution in [0.25, 0.3) is 0 Å². The second-order valence-electron chi connectivity index (χ2n) is 6.78. The van der Waals surface area contributed by atoms with Crippen LogP contribution in [0.1, 0.15) is 50.1 Å². The van der Waals surface area contributed by atoms with E-state index >= 15 is 0 Å². The minimum absolute atomic E-state index is 0.0600. The summed E-state index contributed by atoms with van der Waals surface area (Å²) in [7, 11) is 1.86. The number of alkyl halides is 2. The first-order chi connectivity index (χ1) is 10.9. The Kier molecular flexibility index (Phi) is 4.55. The molecule has 1 atom stereocenters. The number of aromatic nitrogens is 2. The highest BCUT2D eigenvalue weighted by atomic mass is 19.3. The van der Waals surface area contributed by atoms with Gasteiger partial charge in [0.25, 0.3) is 0 Å². The number of urea groups is 1. The van der Waals surface area contributed by atoms with Crippen molar-refractivity contribution in [3.8, 4) is 0 Å². The van der Waals surface area contributed by atoms with Crippen LogP contribution in [0.2, 0.25) is 0 Å². The summed E-state index contributed by atoms with van der Waals surface area (Å²) in [4.78, 5) is 14.3. The lowest BCUT2D eigenvalue weighted by Crippen LogP contribution is -2.42. The van der Waals surface area contributed by atoms with Gasteiger partial charge in [-0.05, 0) is 31.6 Å². The Morgan fingerprint density at radius 1 is 1.39 bits per heavy atom. The van der Waals surface area contributed by atoms with E-state index in [0.29, 0.717) is 19.4 Å². The monoisotopic (exact) mass is 326 g/mol. The van der Waals surface area contributed by atoms with Gasteiger partial charge in [0.2, 0.25) is 5.92 Å². The molecule has 2 fully saturated rings. The van der Waals surface area contributed by atoms with Crippen molar-refractivity contribution in [2.45, 2.75) is 50.5 Å². The van der Waals surface area contributed by atoms with Crippen molar-refractivity contribution in [2.24, 2.45) is 13.0 Å². The molecule has 2 aliphatic rings. The van der Waals surface area contributed by atoms with Gasteiger partial charge in [0.15, 0.2) is 0 Å². The zero-order valence-electron chi connectivity index (χ0n) is 13.5. The maximum Gasteiger partial charge on any atom is 0.317 e. The number of halogens is 2. The lowest BCUT2D eigenvalue weighted by Gasteiger charge is -2.30. The summed E-state index contributed by atoms with van der Waals surface area (Å²) < 4.78 is 28.1. The van der Waals surface area contributed by atoms with Gasteiger partial charge in [-0.3, -0.25) is 4.68 Å². The number of nitrogens with zero attached hydrogens (tertiary/aromatic N) is 3. The average molecular weight is 326 g/mol. The number of carbonyl (C=O) groups is 1. The maximum atomic E-state index is 13.2. The van der Waals surface area contributed by atoms with E-state index < -0.39 is 5.92 Å². The second kappa shape index (κ2) is 6.45. The van der Waals surface area contributed by atoms with E-state index in [4.69, 9.17) is 0 Å². The summed E-state index contributed by atoms with van der Waals surface area (Å²) in [6.45, 7) is 1.22. The number of likely N-dealkylation sites (tertiary alicyclic amines) is 1. The van der Waals surface area contributed by atoms with Gasteiger partial charge in [-0.15, -0.1) is 0 Å². The first-order valence-electron chi connectivity index (χ1n) is 8.35. The molecule has 1 saturated heterocycles. The molecule has 1 N–H and O–H groups in total. The fourth-order valence-electron chi connectivity index (χ4n) is 3.61. The highest BCUT2D eigenvalue weighted by Crippen LogP contribution is 2.36. The molecule has 2 amide bonds. The Labute approximate surface area is 135 Å². The van der Waals surface area contributed by atoms with Gasteiger partial charge in [0.05, 0.1) is 12.2 Å². The van der Waals surface area contributed by atoms with E-state index in [2.05, 4.69) is 10.4 Å². The Balaban J connectivity index is 1.52. The highest BCUT2D eigenvalue weighted by molar-refractivity contribution is 5.75. The Morgan fingerprint density at radius 3 is 2.78 bits per heavy atom. The largest absolute Gasteiger partial charge is 0.338 e. The van der Waals surface area contributed by atoms with Crippen LogP contribution in [-0.4, -0.2) is 39.7 Å². The molecule has 0 spiro atoms. The van der Waals surface area contributed by atoms with Gasteiger partial charge in [0, 0.05) is 44.7 Å².